The van der Waals surface area contributed by atoms with Gasteiger partial charge < -0.3 is 15.9 Å². The first-order valence-corrected chi connectivity index (χ1v) is 4.00. The first-order chi connectivity index (χ1) is 6.07. The number of rotatable bonds is 2. The molecular weight excluding hydrogens is 197 g/mol. The molecule has 0 aliphatic heterocycles. The molecule has 1 aromatic rings. The summed E-state index contributed by atoms with van der Waals surface area (Å²) in [5.41, 5.74) is 4.87. The predicted molar refractivity (Wildman–Crippen MR) is 47.1 cm³/mol. The van der Waals surface area contributed by atoms with E-state index >= 15 is 0 Å². The quantitative estimate of drug-likeness (QED) is 0.679. The summed E-state index contributed by atoms with van der Waals surface area (Å²) in [6.07, 6.45) is -1.24. The van der Waals surface area contributed by atoms with E-state index in [4.69, 9.17) is 17.3 Å². The monoisotopic (exact) mass is 205 g/mol. The molecule has 5 heteroatoms. The Hall–Kier alpha value is -0.840. The largest absolute Gasteiger partial charge is 0.506 e. The van der Waals surface area contributed by atoms with E-state index in [0.29, 0.717) is 0 Å². The third-order valence-corrected chi connectivity index (χ3v) is 1.98. The van der Waals surface area contributed by atoms with Crippen LogP contribution in [0, 0.1) is 5.82 Å². The molecule has 13 heavy (non-hydrogen) atoms. The Morgan fingerprint density at radius 3 is 2.69 bits per heavy atom. The van der Waals surface area contributed by atoms with Crippen LogP contribution in [0.15, 0.2) is 12.1 Å². The van der Waals surface area contributed by atoms with Crippen LogP contribution in [0.4, 0.5) is 4.39 Å². The van der Waals surface area contributed by atoms with Crippen LogP contribution in [-0.2, 0) is 0 Å². The maximum absolute atomic E-state index is 13.0. The molecule has 1 atom stereocenters. The van der Waals surface area contributed by atoms with Crippen LogP contribution in [0.1, 0.15) is 11.7 Å². The lowest BCUT2D eigenvalue weighted by Gasteiger charge is -2.11. The second kappa shape index (κ2) is 3.91. The molecule has 1 unspecified atom stereocenters. The summed E-state index contributed by atoms with van der Waals surface area (Å²) >= 11 is 5.52. The molecular formula is C8H9ClFNO2. The summed E-state index contributed by atoms with van der Waals surface area (Å²) < 4.78 is 13.0. The van der Waals surface area contributed by atoms with Gasteiger partial charge >= 0.3 is 0 Å². The highest BCUT2D eigenvalue weighted by Gasteiger charge is 2.18. The van der Waals surface area contributed by atoms with Crippen molar-refractivity contribution in [1.29, 1.82) is 0 Å². The van der Waals surface area contributed by atoms with Crippen LogP contribution in [-0.4, -0.2) is 16.8 Å². The Bertz CT molecular complexity index is 319. The van der Waals surface area contributed by atoms with E-state index in [9.17, 15) is 14.6 Å². The molecule has 0 radical (unpaired) electrons. The lowest BCUT2D eigenvalue weighted by Crippen LogP contribution is -2.13. The number of aromatic hydroxyl groups is 1. The molecule has 0 aliphatic carbocycles. The van der Waals surface area contributed by atoms with Gasteiger partial charge in [-0.05, 0) is 12.1 Å². The van der Waals surface area contributed by atoms with Gasteiger partial charge in [0.05, 0.1) is 16.7 Å². The van der Waals surface area contributed by atoms with E-state index in [1.807, 2.05) is 0 Å². The average Bonchev–Trinajstić information content (AvgIpc) is 2.12. The van der Waals surface area contributed by atoms with E-state index in [-0.39, 0.29) is 17.1 Å². The molecule has 0 aliphatic rings. The minimum Gasteiger partial charge on any atom is -0.506 e. The van der Waals surface area contributed by atoms with Gasteiger partial charge in [0.15, 0.2) is 0 Å². The molecule has 3 nitrogen and oxygen atoms in total. The van der Waals surface area contributed by atoms with E-state index in [0.717, 1.165) is 6.07 Å². The minimum atomic E-state index is -1.24. The standard InChI is InChI=1S/C8H9ClFNO2/c9-4-1-2-5(10)7(8(4)13)6(12)3-11/h1-2,6,12-13H,3,11H2. The predicted octanol–water partition coefficient (Wildman–Crippen LogP) is 1.18. The SMILES string of the molecule is NCC(O)c1c(F)ccc(Cl)c1O. The van der Waals surface area contributed by atoms with Crippen molar-refractivity contribution in [1.82, 2.24) is 0 Å². The normalized spacial score (nSPS) is 12.9. The van der Waals surface area contributed by atoms with Crippen LogP contribution in [0.5, 0.6) is 5.75 Å². The van der Waals surface area contributed by atoms with Crippen LogP contribution in [0.3, 0.4) is 0 Å². The van der Waals surface area contributed by atoms with E-state index in [1.54, 1.807) is 0 Å². The highest BCUT2D eigenvalue weighted by molar-refractivity contribution is 6.32. The number of hydrogen-bond donors (Lipinski definition) is 3. The van der Waals surface area contributed by atoms with Crippen molar-refractivity contribution < 1.29 is 14.6 Å². The number of nitrogens with two attached hydrogens (primary N) is 1. The average molecular weight is 206 g/mol. The third kappa shape index (κ3) is 1.91. The van der Waals surface area contributed by atoms with Gasteiger partial charge in [0, 0.05) is 6.54 Å². The van der Waals surface area contributed by atoms with Gasteiger partial charge in [-0.2, -0.15) is 0 Å². The molecule has 72 valence electrons. The lowest BCUT2D eigenvalue weighted by molar-refractivity contribution is 0.177. The number of phenolic OH excluding ortho intramolecular Hbond substituents is 1. The number of benzene rings is 1. The van der Waals surface area contributed by atoms with Gasteiger partial charge in [-0.3, -0.25) is 0 Å². The van der Waals surface area contributed by atoms with Gasteiger partial charge in [0.25, 0.3) is 0 Å². The Morgan fingerprint density at radius 2 is 2.15 bits per heavy atom. The zero-order valence-electron chi connectivity index (χ0n) is 6.67. The first kappa shape index (κ1) is 10.2. The molecule has 0 amide bonds. The molecule has 0 spiro atoms. The fraction of sp³-hybridized carbons (Fsp3) is 0.250. The van der Waals surface area contributed by atoms with Crippen molar-refractivity contribution >= 4 is 11.6 Å². The zero-order chi connectivity index (χ0) is 10.0. The highest BCUT2D eigenvalue weighted by atomic mass is 35.5. The first-order valence-electron chi connectivity index (χ1n) is 3.63. The van der Waals surface area contributed by atoms with Crippen LogP contribution in [0.25, 0.3) is 0 Å². The summed E-state index contributed by atoms with van der Waals surface area (Å²) in [5, 5.41) is 18.5. The molecule has 1 rings (SSSR count). The maximum atomic E-state index is 13.0. The summed E-state index contributed by atoms with van der Waals surface area (Å²) in [5.74, 6) is -1.18. The van der Waals surface area contributed by atoms with Gasteiger partial charge in [-0.15, -0.1) is 0 Å². The number of halogens is 2. The van der Waals surface area contributed by atoms with Gasteiger partial charge in [0.2, 0.25) is 0 Å². The molecule has 1 aromatic carbocycles. The summed E-state index contributed by atoms with van der Waals surface area (Å²) in [7, 11) is 0. The van der Waals surface area contributed by atoms with Gasteiger partial charge in [-0.1, -0.05) is 11.6 Å². The molecule has 0 bridgehead atoms. The Labute approximate surface area is 79.6 Å². The van der Waals surface area contributed by atoms with Crippen molar-refractivity contribution in [2.24, 2.45) is 5.73 Å². The van der Waals surface area contributed by atoms with E-state index < -0.39 is 17.7 Å². The fourth-order valence-corrected chi connectivity index (χ4v) is 1.16. The van der Waals surface area contributed by atoms with E-state index in [1.165, 1.54) is 6.07 Å². The highest BCUT2D eigenvalue weighted by Crippen LogP contribution is 2.33. The van der Waals surface area contributed by atoms with Crippen LogP contribution in [0.2, 0.25) is 5.02 Å². The molecule has 4 N–H and O–H groups in total. The summed E-state index contributed by atoms with van der Waals surface area (Å²) in [4.78, 5) is 0. The van der Waals surface area contributed by atoms with Crippen LogP contribution >= 0.6 is 11.6 Å². The Balaban J connectivity index is 3.25. The molecule has 0 fully saturated rings. The minimum absolute atomic E-state index is 0.0103. The second-order valence-corrected chi connectivity index (χ2v) is 2.95. The number of aliphatic hydroxyl groups excluding tert-OH is 1. The number of aliphatic hydroxyl groups is 1. The van der Waals surface area contributed by atoms with Gasteiger partial charge in [-0.25, -0.2) is 4.39 Å². The van der Waals surface area contributed by atoms with Crippen molar-refractivity contribution in [3.8, 4) is 5.75 Å². The maximum Gasteiger partial charge on any atom is 0.142 e. The Morgan fingerprint density at radius 1 is 1.54 bits per heavy atom. The lowest BCUT2D eigenvalue weighted by atomic mass is 10.1. The smallest absolute Gasteiger partial charge is 0.142 e. The molecule has 0 saturated heterocycles. The molecule has 0 aromatic heterocycles. The molecule has 0 heterocycles. The van der Waals surface area contributed by atoms with Crippen molar-refractivity contribution in [2.75, 3.05) is 6.54 Å². The third-order valence-electron chi connectivity index (χ3n) is 1.67. The fourth-order valence-electron chi connectivity index (χ4n) is 0.992. The van der Waals surface area contributed by atoms with E-state index in [2.05, 4.69) is 0 Å². The summed E-state index contributed by atoms with van der Waals surface area (Å²) in [6.45, 7) is -0.176. The van der Waals surface area contributed by atoms with Crippen molar-refractivity contribution in [3.63, 3.8) is 0 Å². The summed E-state index contributed by atoms with van der Waals surface area (Å²) in [6, 6.07) is 2.27. The number of hydrogen-bond acceptors (Lipinski definition) is 3. The molecule has 0 saturated carbocycles. The topological polar surface area (TPSA) is 66.5 Å². The zero-order valence-corrected chi connectivity index (χ0v) is 7.42. The second-order valence-electron chi connectivity index (χ2n) is 2.54. The van der Waals surface area contributed by atoms with Crippen molar-refractivity contribution in [3.05, 3.63) is 28.5 Å². The Kier molecular flexibility index (Phi) is 3.08. The van der Waals surface area contributed by atoms with Crippen molar-refractivity contribution in [2.45, 2.75) is 6.10 Å². The van der Waals surface area contributed by atoms with Crippen LogP contribution < -0.4 is 5.73 Å². The van der Waals surface area contributed by atoms with Gasteiger partial charge in [0.1, 0.15) is 11.6 Å². The number of phenols is 1.